The molecule has 3 aromatic carbocycles. The van der Waals surface area contributed by atoms with E-state index in [2.05, 4.69) is 113 Å². The number of benzene rings is 3. The summed E-state index contributed by atoms with van der Waals surface area (Å²) in [5.41, 5.74) is 9.22. The number of hydrogen-bond donors (Lipinski definition) is 1. The smallest absolute Gasteiger partial charge is 0.130 e. The summed E-state index contributed by atoms with van der Waals surface area (Å²) in [6.07, 6.45) is 7.94. The van der Waals surface area contributed by atoms with Crippen LogP contribution in [0.15, 0.2) is 114 Å². The molecule has 2 nitrogen and oxygen atoms in total. The quantitative estimate of drug-likeness (QED) is 0.579. The van der Waals surface area contributed by atoms with Gasteiger partial charge in [-0.15, -0.1) is 0 Å². The van der Waals surface area contributed by atoms with Gasteiger partial charge in [0.15, 0.2) is 0 Å². The molecule has 0 amide bonds. The first kappa shape index (κ1) is 16.4. The SMILES string of the molecule is C1=CCC2C(=C1)C1=C(NC(c3ccccc3)N1c1ccccc1)c1ccccc12. The van der Waals surface area contributed by atoms with Crippen LogP contribution in [0.1, 0.15) is 35.2 Å². The molecule has 2 aliphatic carbocycles. The van der Waals surface area contributed by atoms with Gasteiger partial charge >= 0.3 is 0 Å². The minimum atomic E-state index is 0.0715. The third kappa shape index (κ3) is 2.49. The Bertz CT molecular complexity index is 1160. The van der Waals surface area contributed by atoms with Gasteiger partial charge in [0.25, 0.3) is 0 Å². The Morgan fingerprint density at radius 2 is 1.52 bits per heavy atom. The van der Waals surface area contributed by atoms with Crippen LogP contribution in [0.25, 0.3) is 5.70 Å². The normalized spacial score (nSPS) is 21.8. The molecule has 3 aliphatic rings. The van der Waals surface area contributed by atoms with Crippen LogP contribution >= 0.6 is 0 Å². The number of hydrogen-bond acceptors (Lipinski definition) is 2. The summed E-state index contributed by atoms with van der Waals surface area (Å²) in [6, 6.07) is 30.4. The molecular formula is C27H22N2. The molecular weight excluding hydrogens is 352 g/mol. The van der Waals surface area contributed by atoms with Gasteiger partial charge < -0.3 is 10.2 Å². The van der Waals surface area contributed by atoms with E-state index in [9.17, 15) is 0 Å². The lowest BCUT2D eigenvalue weighted by Gasteiger charge is -2.35. The van der Waals surface area contributed by atoms with E-state index in [4.69, 9.17) is 0 Å². The molecule has 3 aromatic rings. The van der Waals surface area contributed by atoms with Gasteiger partial charge in [-0.25, -0.2) is 0 Å². The van der Waals surface area contributed by atoms with E-state index in [1.165, 1.54) is 39.3 Å². The third-order valence-corrected chi connectivity index (χ3v) is 6.20. The average molecular weight is 374 g/mol. The minimum absolute atomic E-state index is 0.0715. The molecule has 0 saturated carbocycles. The third-order valence-electron chi connectivity index (χ3n) is 6.20. The fraction of sp³-hybridized carbons (Fsp3) is 0.111. The molecule has 1 heterocycles. The maximum atomic E-state index is 3.89. The standard InChI is InChI=1S/C27H22N2/c1-3-11-19(12-4-1)27-28-25-23-17-9-7-15-21(23)22-16-8-10-18-24(22)26(25)29(27)20-13-5-2-6-14-20/h1-15,17-18,22,27-28H,16H2. The van der Waals surface area contributed by atoms with Crippen molar-refractivity contribution in [2.24, 2.45) is 0 Å². The first-order valence-electron chi connectivity index (χ1n) is 10.3. The Balaban J connectivity index is 1.61. The maximum absolute atomic E-state index is 3.89. The number of rotatable bonds is 2. The summed E-state index contributed by atoms with van der Waals surface area (Å²) >= 11 is 0. The van der Waals surface area contributed by atoms with Crippen molar-refractivity contribution in [1.82, 2.24) is 5.32 Å². The van der Waals surface area contributed by atoms with E-state index in [-0.39, 0.29) is 6.17 Å². The Hall–Kier alpha value is -3.52. The molecule has 0 saturated heterocycles. The van der Waals surface area contributed by atoms with E-state index >= 15 is 0 Å². The second-order valence-electron chi connectivity index (χ2n) is 7.81. The zero-order valence-electron chi connectivity index (χ0n) is 16.1. The molecule has 0 aromatic heterocycles. The predicted molar refractivity (Wildman–Crippen MR) is 119 cm³/mol. The molecule has 0 radical (unpaired) electrons. The lowest BCUT2D eigenvalue weighted by Crippen LogP contribution is -2.30. The Labute approximate surface area is 171 Å². The number of para-hydroxylation sites is 1. The predicted octanol–water partition coefficient (Wildman–Crippen LogP) is 6.15. The van der Waals surface area contributed by atoms with Crippen molar-refractivity contribution in [3.63, 3.8) is 0 Å². The number of anilines is 1. The highest BCUT2D eigenvalue weighted by Gasteiger charge is 2.42. The van der Waals surface area contributed by atoms with E-state index in [0.29, 0.717) is 5.92 Å². The molecule has 6 rings (SSSR count). The largest absolute Gasteiger partial charge is 0.359 e. The summed E-state index contributed by atoms with van der Waals surface area (Å²) in [7, 11) is 0. The molecule has 2 unspecified atom stereocenters. The van der Waals surface area contributed by atoms with Crippen LogP contribution in [0.3, 0.4) is 0 Å². The molecule has 0 spiro atoms. The molecule has 2 atom stereocenters. The van der Waals surface area contributed by atoms with E-state index in [1.807, 2.05) is 0 Å². The Morgan fingerprint density at radius 1 is 0.793 bits per heavy atom. The zero-order chi connectivity index (χ0) is 19.2. The van der Waals surface area contributed by atoms with Crippen LogP contribution in [0.5, 0.6) is 0 Å². The fourth-order valence-corrected chi connectivity index (χ4v) is 4.94. The summed E-state index contributed by atoms with van der Waals surface area (Å²) in [4.78, 5) is 2.48. The van der Waals surface area contributed by atoms with Crippen molar-refractivity contribution in [3.05, 3.63) is 131 Å². The first-order chi connectivity index (χ1) is 14.4. The summed E-state index contributed by atoms with van der Waals surface area (Å²) < 4.78 is 0. The molecule has 29 heavy (non-hydrogen) atoms. The van der Waals surface area contributed by atoms with Gasteiger partial charge in [-0.3, -0.25) is 0 Å². The van der Waals surface area contributed by atoms with Crippen molar-refractivity contribution in [2.45, 2.75) is 18.5 Å². The van der Waals surface area contributed by atoms with Crippen molar-refractivity contribution >= 4 is 11.4 Å². The molecule has 140 valence electrons. The van der Waals surface area contributed by atoms with Gasteiger partial charge in [-0.05, 0) is 35.3 Å². The maximum Gasteiger partial charge on any atom is 0.130 e. The van der Waals surface area contributed by atoms with Crippen LogP contribution in [0.2, 0.25) is 0 Å². The lowest BCUT2D eigenvalue weighted by molar-refractivity contribution is 0.665. The van der Waals surface area contributed by atoms with E-state index in [1.54, 1.807) is 0 Å². The van der Waals surface area contributed by atoms with Gasteiger partial charge in [0, 0.05) is 17.2 Å². The molecule has 0 bridgehead atoms. The van der Waals surface area contributed by atoms with E-state index < -0.39 is 0 Å². The van der Waals surface area contributed by atoms with Crippen molar-refractivity contribution < 1.29 is 0 Å². The Morgan fingerprint density at radius 3 is 2.34 bits per heavy atom. The summed E-state index contributed by atoms with van der Waals surface area (Å²) in [6.45, 7) is 0. The summed E-state index contributed by atoms with van der Waals surface area (Å²) in [5, 5.41) is 3.89. The number of allylic oxidation sites excluding steroid dienone is 4. The molecule has 1 aliphatic heterocycles. The number of fused-ring (bicyclic) bond motifs is 5. The highest BCUT2D eigenvalue weighted by molar-refractivity contribution is 5.86. The van der Waals surface area contributed by atoms with Crippen molar-refractivity contribution in [2.75, 3.05) is 4.90 Å². The average Bonchev–Trinajstić information content (AvgIpc) is 3.22. The van der Waals surface area contributed by atoms with Gasteiger partial charge in [0.1, 0.15) is 6.17 Å². The van der Waals surface area contributed by atoms with Gasteiger partial charge in [0.2, 0.25) is 0 Å². The fourth-order valence-electron chi connectivity index (χ4n) is 4.94. The first-order valence-corrected chi connectivity index (χ1v) is 10.3. The monoisotopic (exact) mass is 374 g/mol. The topological polar surface area (TPSA) is 15.3 Å². The van der Waals surface area contributed by atoms with Gasteiger partial charge in [-0.2, -0.15) is 0 Å². The van der Waals surface area contributed by atoms with Crippen LogP contribution in [0.4, 0.5) is 5.69 Å². The van der Waals surface area contributed by atoms with Crippen molar-refractivity contribution in [1.29, 1.82) is 0 Å². The molecule has 2 heteroatoms. The van der Waals surface area contributed by atoms with Crippen molar-refractivity contribution in [3.8, 4) is 0 Å². The highest BCUT2D eigenvalue weighted by Crippen LogP contribution is 2.51. The van der Waals surface area contributed by atoms with Crippen LogP contribution in [-0.4, -0.2) is 0 Å². The second kappa shape index (κ2) is 6.52. The van der Waals surface area contributed by atoms with Crippen LogP contribution < -0.4 is 10.2 Å². The number of nitrogens with one attached hydrogen (secondary N) is 1. The Kier molecular flexibility index (Phi) is 3.70. The zero-order valence-corrected chi connectivity index (χ0v) is 16.1. The van der Waals surface area contributed by atoms with E-state index in [0.717, 1.165) is 6.42 Å². The minimum Gasteiger partial charge on any atom is -0.359 e. The second-order valence-corrected chi connectivity index (χ2v) is 7.81. The summed E-state index contributed by atoms with van der Waals surface area (Å²) in [5.74, 6) is 0.414. The number of nitrogens with zero attached hydrogens (tertiary/aromatic N) is 1. The van der Waals surface area contributed by atoms with Crippen LogP contribution in [0, 0.1) is 0 Å². The lowest BCUT2D eigenvalue weighted by atomic mass is 9.76. The van der Waals surface area contributed by atoms with Gasteiger partial charge in [0.05, 0.1) is 11.4 Å². The highest BCUT2D eigenvalue weighted by atomic mass is 15.3. The van der Waals surface area contributed by atoms with Gasteiger partial charge in [-0.1, -0.05) is 91.0 Å². The van der Waals surface area contributed by atoms with Crippen LogP contribution in [-0.2, 0) is 0 Å². The molecule has 1 N–H and O–H groups in total. The molecule has 0 fully saturated rings.